The van der Waals surface area contributed by atoms with E-state index in [4.69, 9.17) is 5.73 Å². The van der Waals surface area contributed by atoms with Gasteiger partial charge in [-0.25, -0.2) is 0 Å². The molecular weight excluding hydrogens is 178 g/mol. The van der Waals surface area contributed by atoms with Gasteiger partial charge in [-0.2, -0.15) is 0 Å². The Morgan fingerprint density at radius 2 is 2.07 bits per heavy atom. The van der Waals surface area contributed by atoms with Crippen molar-refractivity contribution in [3.8, 4) is 0 Å². The van der Waals surface area contributed by atoms with Crippen LogP contribution < -0.4 is 16.0 Å². The minimum atomic E-state index is -0.181. The smallest absolute Gasteiger partial charge is 0.238 e. The second kappa shape index (κ2) is 4.62. The van der Waals surface area contributed by atoms with Gasteiger partial charge in [0.1, 0.15) is 0 Å². The first kappa shape index (κ1) is 10.5. The van der Waals surface area contributed by atoms with Crippen molar-refractivity contribution in [2.24, 2.45) is 5.73 Å². The lowest BCUT2D eigenvalue weighted by Gasteiger charge is -2.17. The number of nitrogens with two attached hydrogens (primary N) is 1. The molecule has 0 saturated heterocycles. The van der Waals surface area contributed by atoms with E-state index in [1.54, 1.807) is 0 Å². The van der Waals surface area contributed by atoms with Crippen LogP contribution in [0.5, 0.6) is 0 Å². The van der Waals surface area contributed by atoms with Gasteiger partial charge in [-0.3, -0.25) is 4.79 Å². The zero-order valence-electron chi connectivity index (χ0n) is 8.45. The van der Waals surface area contributed by atoms with E-state index in [1.807, 2.05) is 43.3 Å². The Bertz CT molecular complexity index is 323. The lowest BCUT2D eigenvalue weighted by Crippen LogP contribution is -2.23. The average molecular weight is 193 g/mol. The van der Waals surface area contributed by atoms with Gasteiger partial charge in [0.15, 0.2) is 0 Å². The van der Waals surface area contributed by atoms with E-state index in [-0.39, 0.29) is 12.5 Å². The van der Waals surface area contributed by atoms with Crippen LogP contribution in [0.2, 0.25) is 0 Å². The molecule has 0 unspecified atom stereocenters. The van der Waals surface area contributed by atoms with Gasteiger partial charge in [-0.1, -0.05) is 12.1 Å². The second-order valence-electron chi connectivity index (χ2n) is 3.16. The van der Waals surface area contributed by atoms with Crippen LogP contribution in [-0.2, 0) is 4.79 Å². The minimum absolute atomic E-state index is 0.00175. The lowest BCUT2D eigenvalue weighted by molar-refractivity contribution is -0.114. The quantitative estimate of drug-likeness (QED) is 0.741. The molecule has 0 atom stereocenters. The third-order valence-electron chi connectivity index (χ3n) is 1.85. The van der Waals surface area contributed by atoms with E-state index in [2.05, 4.69) is 5.32 Å². The van der Waals surface area contributed by atoms with Crippen LogP contribution in [0.3, 0.4) is 0 Å². The maximum absolute atomic E-state index is 11.1. The summed E-state index contributed by atoms with van der Waals surface area (Å²) in [6.07, 6.45) is 0. The Labute approximate surface area is 83.7 Å². The van der Waals surface area contributed by atoms with Crippen LogP contribution in [0.4, 0.5) is 11.4 Å². The van der Waals surface area contributed by atoms with Crippen LogP contribution in [0.1, 0.15) is 0 Å². The molecule has 0 aromatic heterocycles. The summed E-state index contributed by atoms with van der Waals surface area (Å²) in [7, 11) is 3.85. The Kier molecular flexibility index (Phi) is 3.48. The molecule has 0 aliphatic carbocycles. The van der Waals surface area contributed by atoms with Crippen LogP contribution in [-0.4, -0.2) is 26.5 Å². The highest BCUT2D eigenvalue weighted by molar-refractivity contribution is 5.95. The Balaban J connectivity index is 2.90. The van der Waals surface area contributed by atoms with Gasteiger partial charge in [0.2, 0.25) is 5.91 Å². The van der Waals surface area contributed by atoms with Crippen LogP contribution in [0.15, 0.2) is 24.3 Å². The summed E-state index contributed by atoms with van der Waals surface area (Å²) in [4.78, 5) is 13.0. The van der Waals surface area contributed by atoms with Gasteiger partial charge in [-0.15, -0.1) is 0 Å². The molecular formula is C10H15N3O. The number of nitrogens with zero attached hydrogens (tertiary/aromatic N) is 1. The molecule has 4 heteroatoms. The van der Waals surface area contributed by atoms with Gasteiger partial charge in [0, 0.05) is 14.1 Å². The van der Waals surface area contributed by atoms with Gasteiger partial charge >= 0.3 is 0 Å². The maximum atomic E-state index is 11.1. The molecule has 76 valence electrons. The Hall–Kier alpha value is -1.55. The number of rotatable bonds is 3. The van der Waals surface area contributed by atoms with Crippen molar-refractivity contribution in [2.75, 3.05) is 30.9 Å². The summed E-state index contributed by atoms with van der Waals surface area (Å²) in [5, 5.41) is 2.74. The van der Waals surface area contributed by atoms with Crippen LogP contribution >= 0.6 is 0 Å². The fourth-order valence-electron chi connectivity index (χ4n) is 1.17. The number of hydrogen-bond acceptors (Lipinski definition) is 3. The normalized spacial score (nSPS) is 9.64. The first-order valence-electron chi connectivity index (χ1n) is 4.41. The van der Waals surface area contributed by atoms with Gasteiger partial charge in [0.05, 0.1) is 17.9 Å². The standard InChI is InChI=1S/C10H15N3O/c1-13(2)9-6-4-3-5-8(9)12-10(14)7-11/h3-6H,7,11H2,1-2H3,(H,12,14). The van der Waals surface area contributed by atoms with E-state index in [0.717, 1.165) is 11.4 Å². The number of anilines is 2. The molecule has 0 bridgehead atoms. The number of nitrogens with one attached hydrogen (secondary N) is 1. The van der Waals surface area contributed by atoms with Gasteiger partial charge in [-0.05, 0) is 12.1 Å². The third kappa shape index (κ3) is 2.47. The van der Waals surface area contributed by atoms with Crippen LogP contribution in [0.25, 0.3) is 0 Å². The lowest BCUT2D eigenvalue weighted by atomic mass is 10.2. The number of benzene rings is 1. The van der Waals surface area contributed by atoms with Crippen LogP contribution in [0, 0.1) is 0 Å². The summed E-state index contributed by atoms with van der Waals surface area (Å²) in [5.41, 5.74) is 6.97. The molecule has 14 heavy (non-hydrogen) atoms. The van der Waals surface area contributed by atoms with Crippen molar-refractivity contribution in [3.63, 3.8) is 0 Å². The van der Waals surface area contributed by atoms with E-state index in [0.29, 0.717) is 0 Å². The summed E-state index contributed by atoms with van der Waals surface area (Å²) in [5.74, 6) is -0.181. The number of carbonyl (C=O) groups excluding carboxylic acids is 1. The zero-order valence-corrected chi connectivity index (χ0v) is 8.45. The van der Waals surface area contributed by atoms with E-state index >= 15 is 0 Å². The van der Waals surface area contributed by atoms with Gasteiger partial charge in [0.25, 0.3) is 0 Å². The second-order valence-corrected chi connectivity index (χ2v) is 3.16. The average Bonchev–Trinajstić information content (AvgIpc) is 2.18. The molecule has 0 radical (unpaired) electrons. The molecule has 0 aliphatic heterocycles. The first-order valence-corrected chi connectivity index (χ1v) is 4.41. The summed E-state index contributed by atoms with van der Waals surface area (Å²) in [6, 6.07) is 7.58. The summed E-state index contributed by atoms with van der Waals surface area (Å²) < 4.78 is 0. The molecule has 0 spiro atoms. The van der Waals surface area contributed by atoms with Crippen molar-refractivity contribution in [1.29, 1.82) is 0 Å². The van der Waals surface area contributed by atoms with Crippen molar-refractivity contribution in [1.82, 2.24) is 0 Å². The molecule has 1 rings (SSSR count). The number of amides is 1. The molecule has 0 saturated carbocycles. The van der Waals surface area contributed by atoms with Crippen molar-refractivity contribution in [3.05, 3.63) is 24.3 Å². The fraction of sp³-hybridized carbons (Fsp3) is 0.300. The molecule has 0 fully saturated rings. The summed E-state index contributed by atoms with van der Waals surface area (Å²) >= 11 is 0. The highest BCUT2D eigenvalue weighted by Crippen LogP contribution is 2.22. The molecule has 1 aromatic carbocycles. The Morgan fingerprint density at radius 3 is 2.64 bits per heavy atom. The van der Waals surface area contributed by atoms with Crippen molar-refractivity contribution >= 4 is 17.3 Å². The molecule has 1 amide bonds. The molecule has 0 heterocycles. The molecule has 1 aromatic rings. The van der Waals surface area contributed by atoms with Gasteiger partial charge < -0.3 is 16.0 Å². The molecule has 3 N–H and O–H groups in total. The number of carbonyl (C=O) groups is 1. The first-order chi connectivity index (χ1) is 6.65. The largest absolute Gasteiger partial charge is 0.376 e. The predicted octanol–water partition coefficient (Wildman–Crippen LogP) is 0.650. The highest BCUT2D eigenvalue weighted by atomic mass is 16.1. The SMILES string of the molecule is CN(C)c1ccccc1NC(=O)CN. The van der Waals surface area contributed by atoms with E-state index < -0.39 is 0 Å². The molecule has 0 aliphatic rings. The maximum Gasteiger partial charge on any atom is 0.238 e. The van der Waals surface area contributed by atoms with Crippen molar-refractivity contribution in [2.45, 2.75) is 0 Å². The summed E-state index contributed by atoms with van der Waals surface area (Å²) in [6.45, 7) is 0.00175. The molecule has 4 nitrogen and oxygen atoms in total. The zero-order chi connectivity index (χ0) is 10.6. The topological polar surface area (TPSA) is 58.4 Å². The number of para-hydroxylation sites is 2. The highest BCUT2D eigenvalue weighted by Gasteiger charge is 2.05. The minimum Gasteiger partial charge on any atom is -0.376 e. The fourth-order valence-corrected chi connectivity index (χ4v) is 1.17. The number of hydrogen-bond donors (Lipinski definition) is 2. The predicted molar refractivity (Wildman–Crippen MR) is 58.5 cm³/mol. The van der Waals surface area contributed by atoms with E-state index in [1.165, 1.54) is 0 Å². The van der Waals surface area contributed by atoms with Crippen molar-refractivity contribution < 1.29 is 4.79 Å². The van der Waals surface area contributed by atoms with E-state index in [9.17, 15) is 4.79 Å². The third-order valence-corrected chi connectivity index (χ3v) is 1.85. The Morgan fingerprint density at radius 1 is 1.43 bits per heavy atom. The monoisotopic (exact) mass is 193 g/mol.